The minimum absolute atomic E-state index is 0.107. The van der Waals surface area contributed by atoms with Crippen LogP contribution in [0.15, 0.2) is 24.3 Å². The average Bonchev–Trinajstić information content (AvgIpc) is 2.36. The lowest BCUT2D eigenvalue weighted by molar-refractivity contribution is 0.208. The zero-order valence-electron chi connectivity index (χ0n) is 10.7. The van der Waals surface area contributed by atoms with Crippen LogP contribution in [0.25, 0.3) is 0 Å². The Bertz CT molecular complexity index is 420. The SMILES string of the molecule is C#CCNC(=O)NC[C@@H](C)Oc1ccc(C)cc1. The normalized spacial score (nSPS) is 11.2. The Hall–Kier alpha value is -2.15. The molecule has 0 aliphatic heterocycles. The van der Waals surface area contributed by atoms with Crippen LogP contribution >= 0.6 is 0 Å². The first kappa shape index (κ1) is 13.9. The minimum Gasteiger partial charge on any atom is -0.489 e. The van der Waals surface area contributed by atoms with Crippen molar-refractivity contribution in [3.8, 4) is 18.1 Å². The van der Waals surface area contributed by atoms with Crippen LogP contribution in [0.1, 0.15) is 12.5 Å². The molecule has 0 aliphatic carbocycles. The number of hydrogen-bond donors (Lipinski definition) is 2. The third kappa shape index (κ3) is 5.26. The highest BCUT2D eigenvalue weighted by Gasteiger charge is 2.06. The molecule has 0 saturated heterocycles. The van der Waals surface area contributed by atoms with Gasteiger partial charge < -0.3 is 15.4 Å². The standard InChI is InChI=1S/C14H18N2O2/c1-4-9-15-14(17)16-10-12(3)18-13-7-5-11(2)6-8-13/h1,5-8,12H,9-10H2,2-3H3,(H2,15,16,17)/t12-/m1/s1. The second kappa shape index (κ2) is 7.23. The first-order valence-corrected chi connectivity index (χ1v) is 5.80. The highest BCUT2D eigenvalue weighted by atomic mass is 16.5. The number of nitrogens with one attached hydrogen (secondary N) is 2. The van der Waals surface area contributed by atoms with Crippen LogP contribution in [0, 0.1) is 19.3 Å². The molecule has 0 saturated carbocycles. The topological polar surface area (TPSA) is 50.4 Å². The number of aryl methyl sites for hydroxylation is 1. The molecule has 0 unspecified atom stereocenters. The van der Waals surface area contributed by atoms with E-state index in [4.69, 9.17) is 11.2 Å². The molecule has 0 fully saturated rings. The van der Waals surface area contributed by atoms with Crippen LogP contribution in [0.5, 0.6) is 5.75 Å². The van der Waals surface area contributed by atoms with E-state index >= 15 is 0 Å². The Morgan fingerprint density at radius 3 is 2.67 bits per heavy atom. The molecule has 0 aromatic heterocycles. The van der Waals surface area contributed by atoms with Crippen LogP contribution in [0.3, 0.4) is 0 Å². The van der Waals surface area contributed by atoms with Crippen LogP contribution in [0.2, 0.25) is 0 Å². The van der Waals surface area contributed by atoms with Crippen molar-refractivity contribution in [3.05, 3.63) is 29.8 Å². The van der Waals surface area contributed by atoms with E-state index in [-0.39, 0.29) is 18.7 Å². The van der Waals surface area contributed by atoms with Gasteiger partial charge in [-0.2, -0.15) is 0 Å². The van der Waals surface area contributed by atoms with E-state index in [1.807, 2.05) is 38.1 Å². The second-order valence-electron chi connectivity index (χ2n) is 4.01. The van der Waals surface area contributed by atoms with Crippen molar-refractivity contribution < 1.29 is 9.53 Å². The molecule has 0 aliphatic rings. The summed E-state index contributed by atoms with van der Waals surface area (Å²) >= 11 is 0. The van der Waals surface area contributed by atoms with Crippen molar-refractivity contribution in [1.82, 2.24) is 10.6 Å². The minimum atomic E-state index is -0.285. The summed E-state index contributed by atoms with van der Waals surface area (Å²) < 4.78 is 5.64. The third-order valence-corrected chi connectivity index (χ3v) is 2.26. The number of benzene rings is 1. The number of carbonyl (C=O) groups excluding carboxylic acids is 1. The van der Waals surface area contributed by atoms with Crippen LogP contribution in [-0.4, -0.2) is 25.2 Å². The monoisotopic (exact) mass is 246 g/mol. The maximum absolute atomic E-state index is 11.2. The third-order valence-electron chi connectivity index (χ3n) is 2.26. The first-order chi connectivity index (χ1) is 8.61. The van der Waals surface area contributed by atoms with Crippen molar-refractivity contribution in [2.75, 3.05) is 13.1 Å². The fourth-order valence-corrected chi connectivity index (χ4v) is 1.32. The lowest BCUT2D eigenvalue weighted by Gasteiger charge is -2.15. The lowest BCUT2D eigenvalue weighted by atomic mass is 10.2. The summed E-state index contributed by atoms with van der Waals surface area (Å²) in [6, 6.07) is 7.49. The Labute approximate surface area is 108 Å². The van der Waals surface area contributed by atoms with Gasteiger partial charge in [0.25, 0.3) is 0 Å². The summed E-state index contributed by atoms with van der Waals surface area (Å²) in [4.78, 5) is 11.2. The summed E-state index contributed by atoms with van der Waals surface area (Å²) in [6.07, 6.45) is 4.92. The molecule has 1 aromatic rings. The number of urea groups is 1. The zero-order chi connectivity index (χ0) is 13.4. The van der Waals surface area contributed by atoms with Crippen molar-refractivity contribution in [1.29, 1.82) is 0 Å². The molecule has 0 radical (unpaired) electrons. The largest absolute Gasteiger partial charge is 0.489 e. The van der Waals surface area contributed by atoms with E-state index in [0.29, 0.717) is 6.54 Å². The molecule has 1 atom stereocenters. The number of rotatable bonds is 5. The molecule has 18 heavy (non-hydrogen) atoms. The van der Waals surface area contributed by atoms with E-state index < -0.39 is 0 Å². The summed E-state index contributed by atoms with van der Waals surface area (Å²) in [7, 11) is 0. The van der Waals surface area contributed by atoms with E-state index in [9.17, 15) is 4.79 Å². The van der Waals surface area contributed by atoms with Gasteiger partial charge >= 0.3 is 6.03 Å². The van der Waals surface area contributed by atoms with Gasteiger partial charge in [-0.25, -0.2) is 4.79 Å². The molecule has 4 nitrogen and oxygen atoms in total. The molecular weight excluding hydrogens is 228 g/mol. The van der Waals surface area contributed by atoms with Crippen LogP contribution in [0.4, 0.5) is 4.79 Å². The maximum atomic E-state index is 11.2. The van der Waals surface area contributed by atoms with Crippen molar-refractivity contribution >= 4 is 6.03 Å². The fourth-order valence-electron chi connectivity index (χ4n) is 1.32. The van der Waals surface area contributed by atoms with Crippen molar-refractivity contribution in [2.24, 2.45) is 0 Å². The van der Waals surface area contributed by atoms with Crippen LogP contribution in [-0.2, 0) is 0 Å². The molecule has 2 amide bonds. The van der Waals surface area contributed by atoms with E-state index in [2.05, 4.69) is 16.6 Å². The number of terminal acetylenes is 1. The van der Waals surface area contributed by atoms with Gasteiger partial charge in [0.1, 0.15) is 11.9 Å². The maximum Gasteiger partial charge on any atom is 0.315 e. The quantitative estimate of drug-likeness (QED) is 0.777. The second-order valence-corrected chi connectivity index (χ2v) is 4.01. The molecule has 2 N–H and O–H groups in total. The molecule has 96 valence electrons. The number of hydrogen-bond acceptors (Lipinski definition) is 2. The number of amides is 2. The van der Waals surface area contributed by atoms with Gasteiger partial charge in [0, 0.05) is 0 Å². The Balaban J connectivity index is 2.29. The molecule has 1 aromatic carbocycles. The van der Waals surface area contributed by atoms with E-state index in [1.165, 1.54) is 5.56 Å². The zero-order valence-corrected chi connectivity index (χ0v) is 10.7. The van der Waals surface area contributed by atoms with Gasteiger partial charge in [0.2, 0.25) is 0 Å². The Kier molecular flexibility index (Phi) is 5.59. The van der Waals surface area contributed by atoms with Gasteiger partial charge in [-0.1, -0.05) is 23.6 Å². The summed E-state index contributed by atoms with van der Waals surface area (Å²) in [5.41, 5.74) is 1.18. The molecule has 1 rings (SSSR count). The highest BCUT2D eigenvalue weighted by molar-refractivity contribution is 5.74. The van der Waals surface area contributed by atoms with Gasteiger partial charge in [-0.05, 0) is 26.0 Å². The highest BCUT2D eigenvalue weighted by Crippen LogP contribution is 2.12. The summed E-state index contributed by atoms with van der Waals surface area (Å²) in [5, 5.41) is 5.20. The van der Waals surface area contributed by atoms with Gasteiger partial charge in [0.15, 0.2) is 0 Å². The smallest absolute Gasteiger partial charge is 0.315 e. The number of ether oxygens (including phenoxy) is 1. The summed E-state index contributed by atoms with van der Waals surface area (Å²) in [5.74, 6) is 3.12. The predicted molar refractivity (Wildman–Crippen MR) is 71.5 cm³/mol. The fraction of sp³-hybridized carbons (Fsp3) is 0.357. The number of carbonyl (C=O) groups is 1. The van der Waals surface area contributed by atoms with Crippen molar-refractivity contribution in [2.45, 2.75) is 20.0 Å². The van der Waals surface area contributed by atoms with E-state index in [0.717, 1.165) is 5.75 Å². The van der Waals surface area contributed by atoms with Gasteiger partial charge in [0.05, 0.1) is 13.1 Å². The lowest BCUT2D eigenvalue weighted by Crippen LogP contribution is -2.40. The van der Waals surface area contributed by atoms with Crippen LogP contribution < -0.4 is 15.4 Å². The molecule has 0 bridgehead atoms. The molecule has 0 heterocycles. The average molecular weight is 246 g/mol. The molecule has 4 heteroatoms. The summed E-state index contributed by atoms with van der Waals surface area (Å²) in [6.45, 7) is 4.55. The first-order valence-electron chi connectivity index (χ1n) is 5.80. The van der Waals surface area contributed by atoms with Crippen molar-refractivity contribution in [3.63, 3.8) is 0 Å². The molecular formula is C14H18N2O2. The van der Waals surface area contributed by atoms with E-state index in [1.54, 1.807) is 0 Å². The Morgan fingerprint density at radius 2 is 2.06 bits per heavy atom. The van der Waals surface area contributed by atoms with Gasteiger partial charge in [-0.15, -0.1) is 6.42 Å². The Morgan fingerprint density at radius 1 is 1.39 bits per heavy atom. The predicted octanol–water partition coefficient (Wildman–Crippen LogP) is 1.69. The van der Waals surface area contributed by atoms with Gasteiger partial charge in [-0.3, -0.25) is 0 Å². The molecule has 0 spiro atoms.